The van der Waals surface area contributed by atoms with Crippen molar-refractivity contribution < 1.29 is 9.21 Å². The molecule has 0 unspecified atom stereocenters. The molecule has 2 aromatic rings. The van der Waals surface area contributed by atoms with Crippen LogP contribution in [0.2, 0.25) is 0 Å². The summed E-state index contributed by atoms with van der Waals surface area (Å²) in [5, 5.41) is 4.02. The number of aryl methyl sites for hydroxylation is 1. The molecule has 2 N–H and O–H groups in total. The number of furan rings is 1. The average Bonchev–Trinajstić information content (AvgIpc) is 3.09. The van der Waals surface area contributed by atoms with Gasteiger partial charge in [-0.15, -0.1) is 0 Å². The van der Waals surface area contributed by atoms with Crippen LogP contribution >= 0.6 is 0 Å². The van der Waals surface area contributed by atoms with E-state index in [1.54, 1.807) is 13.3 Å². The molecule has 0 atom stereocenters. The summed E-state index contributed by atoms with van der Waals surface area (Å²) in [6.07, 6.45) is 3.20. The van der Waals surface area contributed by atoms with Crippen LogP contribution in [0.4, 0.5) is 5.69 Å². The molecule has 0 saturated carbocycles. The number of nitrogens with zero attached hydrogens (tertiary/aromatic N) is 4. The van der Waals surface area contributed by atoms with Gasteiger partial charge in [0.2, 0.25) is 0 Å². The Morgan fingerprint density at radius 3 is 2.71 bits per heavy atom. The Morgan fingerprint density at radius 2 is 2.14 bits per heavy atom. The lowest BCUT2D eigenvalue weighted by Gasteiger charge is -2.34. The summed E-state index contributed by atoms with van der Waals surface area (Å²) in [5.74, 6) is 0.899. The topological polar surface area (TPSA) is 80.5 Å². The smallest absolute Gasteiger partial charge is 0.274 e. The summed E-state index contributed by atoms with van der Waals surface area (Å²) >= 11 is 0. The summed E-state index contributed by atoms with van der Waals surface area (Å²) < 4.78 is 6.89. The van der Waals surface area contributed by atoms with Gasteiger partial charge in [-0.3, -0.25) is 14.4 Å². The molecule has 3 heterocycles. The molecule has 1 saturated heterocycles. The number of piperazine rings is 1. The van der Waals surface area contributed by atoms with Crippen molar-refractivity contribution in [2.24, 2.45) is 7.05 Å². The number of nitrogens with two attached hydrogens (primary N) is 1. The van der Waals surface area contributed by atoms with Crippen molar-refractivity contribution in [3.63, 3.8) is 0 Å². The minimum absolute atomic E-state index is 0.0508. The van der Waals surface area contributed by atoms with Crippen LogP contribution in [0.1, 0.15) is 16.2 Å². The Hall–Kier alpha value is -2.28. The highest BCUT2D eigenvalue weighted by Crippen LogP contribution is 2.15. The van der Waals surface area contributed by atoms with Gasteiger partial charge in [0.25, 0.3) is 5.91 Å². The second-order valence-corrected chi connectivity index (χ2v) is 5.22. The molecule has 0 aliphatic carbocycles. The second-order valence-electron chi connectivity index (χ2n) is 5.22. The van der Waals surface area contributed by atoms with Crippen LogP contribution in [0, 0.1) is 0 Å². The van der Waals surface area contributed by atoms with Crippen LogP contribution in [0.25, 0.3) is 0 Å². The third kappa shape index (κ3) is 2.78. The molecule has 1 fully saturated rings. The van der Waals surface area contributed by atoms with Gasteiger partial charge in [0.15, 0.2) is 0 Å². The molecule has 0 bridgehead atoms. The van der Waals surface area contributed by atoms with E-state index in [1.807, 2.05) is 17.0 Å². The first-order valence-corrected chi connectivity index (χ1v) is 6.96. The van der Waals surface area contributed by atoms with Crippen LogP contribution in [0.3, 0.4) is 0 Å². The zero-order valence-electron chi connectivity index (χ0n) is 12.0. The van der Waals surface area contributed by atoms with Crippen molar-refractivity contribution in [2.45, 2.75) is 6.54 Å². The number of anilines is 1. The highest BCUT2D eigenvalue weighted by atomic mass is 16.3. The second kappa shape index (κ2) is 5.61. The number of hydrogen-bond donors (Lipinski definition) is 1. The van der Waals surface area contributed by atoms with Gasteiger partial charge in [0, 0.05) is 33.2 Å². The lowest BCUT2D eigenvalue weighted by molar-refractivity contribution is 0.0611. The van der Waals surface area contributed by atoms with Gasteiger partial charge in [-0.05, 0) is 12.1 Å². The molecule has 1 amide bonds. The van der Waals surface area contributed by atoms with Gasteiger partial charge < -0.3 is 15.1 Å². The Balaban J connectivity index is 1.59. The summed E-state index contributed by atoms with van der Waals surface area (Å²) in [6.45, 7) is 3.80. The maximum atomic E-state index is 12.5. The summed E-state index contributed by atoms with van der Waals surface area (Å²) in [5.41, 5.74) is 6.71. The first-order valence-electron chi connectivity index (χ1n) is 6.96. The maximum Gasteiger partial charge on any atom is 0.274 e. The summed E-state index contributed by atoms with van der Waals surface area (Å²) in [7, 11) is 1.73. The molecule has 0 aromatic carbocycles. The Labute approximate surface area is 122 Å². The average molecular weight is 289 g/mol. The van der Waals surface area contributed by atoms with Crippen LogP contribution < -0.4 is 5.73 Å². The van der Waals surface area contributed by atoms with Crippen molar-refractivity contribution in [3.05, 3.63) is 36.0 Å². The highest BCUT2D eigenvalue weighted by Gasteiger charge is 2.25. The van der Waals surface area contributed by atoms with E-state index in [9.17, 15) is 4.79 Å². The van der Waals surface area contributed by atoms with Gasteiger partial charge in [-0.25, -0.2) is 0 Å². The molecular formula is C14H19N5O2. The fraction of sp³-hybridized carbons (Fsp3) is 0.429. The molecular weight excluding hydrogens is 270 g/mol. The van der Waals surface area contributed by atoms with Gasteiger partial charge in [0.1, 0.15) is 11.5 Å². The monoisotopic (exact) mass is 289 g/mol. The van der Waals surface area contributed by atoms with E-state index >= 15 is 0 Å². The molecule has 3 rings (SSSR count). The van der Waals surface area contributed by atoms with Crippen LogP contribution in [0.5, 0.6) is 0 Å². The Morgan fingerprint density at radius 1 is 1.38 bits per heavy atom. The highest BCUT2D eigenvalue weighted by molar-refractivity contribution is 5.97. The third-order valence-corrected chi connectivity index (χ3v) is 3.79. The number of carbonyl (C=O) groups is 1. The lowest BCUT2D eigenvalue weighted by Crippen LogP contribution is -2.48. The van der Waals surface area contributed by atoms with E-state index in [0.717, 1.165) is 25.4 Å². The van der Waals surface area contributed by atoms with E-state index in [0.29, 0.717) is 24.5 Å². The first-order chi connectivity index (χ1) is 10.1. The normalized spacial score (nSPS) is 16.3. The van der Waals surface area contributed by atoms with E-state index in [4.69, 9.17) is 10.2 Å². The predicted molar refractivity (Wildman–Crippen MR) is 77.5 cm³/mol. The zero-order chi connectivity index (χ0) is 14.8. The van der Waals surface area contributed by atoms with Crippen molar-refractivity contribution in [1.82, 2.24) is 19.6 Å². The maximum absolute atomic E-state index is 12.5. The zero-order valence-corrected chi connectivity index (χ0v) is 12.0. The molecule has 2 aromatic heterocycles. The molecule has 1 aliphatic rings. The van der Waals surface area contributed by atoms with Gasteiger partial charge >= 0.3 is 0 Å². The van der Waals surface area contributed by atoms with Crippen LogP contribution in [-0.4, -0.2) is 51.7 Å². The number of aromatic nitrogens is 2. The number of hydrogen-bond acceptors (Lipinski definition) is 5. The SMILES string of the molecule is Cn1ncc(N)c1C(=O)N1CCN(Cc2ccco2)CC1. The minimum atomic E-state index is -0.0508. The van der Waals surface area contributed by atoms with Crippen molar-refractivity contribution >= 4 is 11.6 Å². The molecule has 1 aliphatic heterocycles. The lowest BCUT2D eigenvalue weighted by atomic mass is 10.2. The minimum Gasteiger partial charge on any atom is -0.468 e. The third-order valence-electron chi connectivity index (χ3n) is 3.79. The summed E-state index contributed by atoms with van der Waals surface area (Å²) in [4.78, 5) is 16.6. The molecule has 0 radical (unpaired) electrons. The van der Waals surface area contributed by atoms with Gasteiger partial charge in [-0.2, -0.15) is 5.10 Å². The quantitative estimate of drug-likeness (QED) is 0.892. The molecule has 21 heavy (non-hydrogen) atoms. The fourth-order valence-electron chi connectivity index (χ4n) is 2.60. The van der Waals surface area contributed by atoms with Crippen molar-refractivity contribution in [2.75, 3.05) is 31.9 Å². The van der Waals surface area contributed by atoms with E-state index in [-0.39, 0.29) is 5.91 Å². The van der Waals surface area contributed by atoms with Crippen molar-refractivity contribution in [1.29, 1.82) is 0 Å². The van der Waals surface area contributed by atoms with Gasteiger partial charge in [0.05, 0.1) is 24.7 Å². The number of rotatable bonds is 3. The predicted octanol–water partition coefficient (Wildman–Crippen LogP) is 0.553. The Bertz CT molecular complexity index is 592. The van der Waals surface area contributed by atoms with Crippen molar-refractivity contribution in [3.8, 4) is 0 Å². The fourth-order valence-corrected chi connectivity index (χ4v) is 2.60. The molecule has 0 spiro atoms. The number of carbonyl (C=O) groups excluding carboxylic acids is 1. The first kappa shape index (κ1) is 13.7. The van der Waals surface area contributed by atoms with E-state index in [2.05, 4.69) is 10.00 Å². The van der Waals surface area contributed by atoms with E-state index in [1.165, 1.54) is 10.9 Å². The standard InChI is InChI=1S/C14H19N5O2/c1-17-13(12(15)9-16-17)14(20)19-6-4-18(5-7-19)10-11-3-2-8-21-11/h2-3,8-9H,4-7,10,15H2,1H3. The molecule has 7 heteroatoms. The number of nitrogen functional groups attached to an aromatic ring is 1. The van der Waals surface area contributed by atoms with Crippen LogP contribution in [0.15, 0.2) is 29.0 Å². The molecule has 112 valence electrons. The van der Waals surface area contributed by atoms with Gasteiger partial charge in [-0.1, -0.05) is 0 Å². The largest absolute Gasteiger partial charge is 0.468 e. The summed E-state index contributed by atoms with van der Waals surface area (Å²) in [6, 6.07) is 3.86. The van der Waals surface area contributed by atoms with Crippen LogP contribution in [-0.2, 0) is 13.6 Å². The Kier molecular flexibility index (Phi) is 3.66. The van der Waals surface area contributed by atoms with E-state index < -0.39 is 0 Å². The number of amides is 1. The molecule has 7 nitrogen and oxygen atoms in total.